The highest BCUT2D eigenvalue weighted by molar-refractivity contribution is 7.80. The van der Waals surface area contributed by atoms with Crippen LogP contribution in [0.3, 0.4) is 0 Å². The van der Waals surface area contributed by atoms with E-state index in [0.717, 1.165) is 37.5 Å². The molecule has 0 radical (unpaired) electrons. The Labute approximate surface area is 209 Å². The summed E-state index contributed by atoms with van der Waals surface area (Å²) in [5.41, 5.74) is 0. The van der Waals surface area contributed by atoms with Gasteiger partial charge in [0, 0.05) is 6.42 Å². The average Bonchev–Trinajstić information content (AvgIpc) is 2.76. The van der Waals surface area contributed by atoms with E-state index in [1.54, 1.807) is 0 Å². The molecule has 9 heteroatoms. The number of aliphatic hydroxyl groups is 1. The summed E-state index contributed by atoms with van der Waals surface area (Å²) in [4.78, 5) is 11.8. The number of nitrogens with zero attached hydrogens (tertiary/aromatic N) is 1. The van der Waals surface area contributed by atoms with Crippen molar-refractivity contribution in [1.29, 1.82) is 0 Å². The molecule has 0 aromatic rings. The minimum Gasteiger partial charge on any atom is -0.726 e. The molecule has 0 aliphatic carbocycles. The number of amides is 1. The summed E-state index contributed by atoms with van der Waals surface area (Å²) in [5.74, 6) is 0.168. The van der Waals surface area contributed by atoms with Crippen molar-refractivity contribution >= 4 is 16.3 Å². The number of rotatable bonds is 21. The lowest BCUT2D eigenvalue weighted by Gasteiger charge is -2.28. The van der Waals surface area contributed by atoms with Crippen LogP contribution in [0.2, 0.25) is 0 Å². The third kappa shape index (κ3) is 31.0. The van der Waals surface area contributed by atoms with E-state index in [9.17, 15) is 17.8 Å². The first-order valence-corrected chi connectivity index (χ1v) is 14.3. The summed E-state index contributed by atoms with van der Waals surface area (Å²) < 4.78 is 31.8. The lowest BCUT2D eigenvalue weighted by Crippen LogP contribution is -2.46. The van der Waals surface area contributed by atoms with Crippen molar-refractivity contribution in [2.75, 3.05) is 47.4 Å². The van der Waals surface area contributed by atoms with E-state index in [1.165, 1.54) is 70.6 Å². The van der Waals surface area contributed by atoms with Crippen LogP contribution in [-0.2, 0) is 19.4 Å². The number of hydrogen-bond acceptors (Lipinski definition) is 6. The molecule has 8 nitrogen and oxygen atoms in total. The fourth-order valence-corrected chi connectivity index (χ4v) is 3.33. The highest BCUT2D eigenvalue weighted by atomic mass is 32.3. The second kappa shape index (κ2) is 23.7. The van der Waals surface area contributed by atoms with Gasteiger partial charge in [-0.05, 0) is 32.1 Å². The first kappa shape index (κ1) is 35.2. The summed E-state index contributed by atoms with van der Waals surface area (Å²) in [6, 6.07) is 0. The molecule has 0 atom stereocenters. The fraction of sp³-hybridized carbons (Fsp3) is 0.880. The van der Waals surface area contributed by atoms with Gasteiger partial charge in [-0.2, -0.15) is 0 Å². The van der Waals surface area contributed by atoms with Crippen molar-refractivity contribution in [2.24, 2.45) is 0 Å². The third-order valence-electron chi connectivity index (χ3n) is 5.61. The van der Waals surface area contributed by atoms with Gasteiger partial charge in [0.05, 0.1) is 40.9 Å². The molecular formula is C25H52N2O6S. The molecule has 0 rings (SSSR count). The maximum absolute atomic E-state index is 11.8. The molecule has 0 unspecified atom stereocenters. The zero-order chi connectivity index (χ0) is 26.1. The number of quaternary nitrogens is 1. The Morgan fingerprint density at radius 2 is 1.38 bits per heavy atom. The summed E-state index contributed by atoms with van der Waals surface area (Å²) in [6.07, 6.45) is 22.0. The number of hydrogen-bond donors (Lipinski definition) is 2. The molecule has 0 saturated heterocycles. The highest BCUT2D eigenvalue weighted by Gasteiger charge is 2.13. The van der Waals surface area contributed by atoms with E-state index in [1.807, 2.05) is 0 Å². The van der Waals surface area contributed by atoms with Crippen LogP contribution in [0.1, 0.15) is 96.8 Å². The number of allylic oxidation sites excluding steroid dienone is 2. The minimum absolute atomic E-state index is 0.168. The predicted molar refractivity (Wildman–Crippen MR) is 138 cm³/mol. The Morgan fingerprint density at radius 3 is 1.85 bits per heavy atom. The van der Waals surface area contributed by atoms with Gasteiger partial charge in [-0.25, -0.2) is 8.42 Å². The molecule has 2 N–H and O–H groups in total. The zero-order valence-electron chi connectivity index (χ0n) is 22.2. The van der Waals surface area contributed by atoms with Gasteiger partial charge < -0.3 is 19.5 Å². The molecule has 1 amide bonds. The SMILES string of the molecule is CCCCCCCCC=CCCCCCCCC(=O)NCC[N+](C)(C)CCO.COS(=O)(=O)[O-]. The fourth-order valence-electron chi connectivity index (χ4n) is 3.33. The first-order chi connectivity index (χ1) is 16.1. The van der Waals surface area contributed by atoms with Crippen molar-refractivity contribution in [2.45, 2.75) is 96.8 Å². The number of carbonyl (C=O) groups is 1. The molecule has 0 aliphatic rings. The van der Waals surface area contributed by atoms with Gasteiger partial charge >= 0.3 is 0 Å². The molecule has 0 heterocycles. The molecule has 0 saturated carbocycles. The molecule has 0 aliphatic heterocycles. The van der Waals surface area contributed by atoms with Crippen molar-refractivity contribution in [1.82, 2.24) is 5.32 Å². The lowest BCUT2D eigenvalue weighted by atomic mass is 10.1. The van der Waals surface area contributed by atoms with E-state index in [-0.39, 0.29) is 12.5 Å². The Hall–Kier alpha value is -1.00. The largest absolute Gasteiger partial charge is 0.726 e. The van der Waals surface area contributed by atoms with Crippen LogP contribution in [0, 0.1) is 0 Å². The van der Waals surface area contributed by atoms with Crippen molar-refractivity contribution in [3.05, 3.63) is 12.2 Å². The van der Waals surface area contributed by atoms with Crippen LogP contribution >= 0.6 is 0 Å². The van der Waals surface area contributed by atoms with Crippen LogP contribution in [0.4, 0.5) is 0 Å². The van der Waals surface area contributed by atoms with Crippen LogP contribution < -0.4 is 5.32 Å². The van der Waals surface area contributed by atoms with Gasteiger partial charge in [0.2, 0.25) is 16.3 Å². The zero-order valence-corrected chi connectivity index (χ0v) is 23.0. The topological polar surface area (TPSA) is 116 Å². The quantitative estimate of drug-likeness (QED) is 0.0785. The average molecular weight is 509 g/mol. The van der Waals surface area contributed by atoms with E-state index in [2.05, 4.69) is 42.7 Å². The molecule has 204 valence electrons. The molecular weight excluding hydrogens is 456 g/mol. The summed E-state index contributed by atoms with van der Waals surface area (Å²) >= 11 is 0. The number of unbranched alkanes of at least 4 members (excludes halogenated alkanes) is 11. The highest BCUT2D eigenvalue weighted by Crippen LogP contribution is 2.10. The van der Waals surface area contributed by atoms with E-state index < -0.39 is 10.4 Å². The maximum Gasteiger partial charge on any atom is 0.220 e. The Morgan fingerprint density at radius 1 is 0.912 bits per heavy atom. The van der Waals surface area contributed by atoms with Crippen LogP contribution in [-0.4, -0.2) is 75.9 Å². The normalized spacial score (nSPS) is 11.9. The van der Waals surface area contributed by atoms with Crippen LogP contribution in [0.15, 0.2) is 12.2 Å². The summed E-state index contributed by atoms with van der Waals surface area (Å²) in [6.45, 7) is 4.74. The van der Waals surface area contributed by atoms with E-state index in [0.29, 0.717) is 13.0 Å². The predicted octanol–water partition coefficient (Wildman–Crippen LogP) is 4.30. The van der Waals surface area contributed by atoms with E-state index in [4.69, 9.17) is 5.11 Å². The van der Waals surface area contributed by atoms with Crippen molar-refractivity contribution in [3.63, 3.8) is 0 Å². The Bertz CT molecular complexity index is 594. The number of aliphatic hydroxyl groups excluding tert-OH is 1. The second-order valence-electron chi connectivity index (χ2n) is 9.37. The van der Waals surface area contributed by atoms with Gasteiger partial charge in [0.25, 0.3) is 0 Å². The number of likely N-dealkylation sites (N-methyl/N-ethyl adjacent to an activating group) is 1. The van der Waals surface area contributed by atoms with Crippen molar-refractivity contribution in [3.8, 4) is 0 Å². The molecule has 0 spiro atoms. The smallest absolute Gasteiger partial charge is 0.220 e. The molecule has 0 bridgehead atoms. The monoisotopic (exact) mass is 508 g/mol. The van der Waals surface area contributed by atoms with Gasteiger partial charge in [0.15, 0.2) is 0 Å². The Balaban J connectivity index is 0. The van der Waals surface area contributed by atoms with Gasteiger partial charge in [-0.1, -0.05) is 70.4 Å². The van der Waals surface area contributed by atoms with Gasteiger partial charge in [-0.15, -0.1) is 0 Å². The van der Waals surface area contributed by atoms with Crippen molar-refractivity contribution < 1.29 is 31.5 Å². The van der Waals surface area contributed by atoms with Gasteiger partial charge in [0.1, 0.15) is 6.54 Å². The first-order valence-electron chi connectivity index (χ1n) is 12.9. The summed E-state index contributed by atoms with van der Waals surface area (Å²) in [7, 11) is 0.547. The van der Waals surface area contributed by atoms with Crippen LogP contribution in [0.5, 0.6) is 0 Å². The maximum atomic E-state index is 11.8. The molecule has 0 fully saturated rings. The standard InChI is InChI=1S/C24H48N2O2.CH4O4S/c1-4-5-6-7-8-9-10-11-12-13-14-15-16-17-18-19-24(28)25-20-21-26(2,3)22-23-27;1-5-6(2,3)4/h11-12,27H,4-10,13-23H2,1-3H3;1H3,(H,2,3,4). The molecule has 0 aromatic carbocycles. The summed E-state index contributed by atoms with van der Waals surface area (Å²) in [5, 5.41) is 12.0. The van der Waals surface area contributed by atoms with E-state index >= 15 is 0 Å². The Kier molecular flexibility index (Phi) is 24.5. The van der Waals surface area contributed by atoms with Gasteiger partial charge in [-0.3, -0.25) is 8.98 Å². The molecule has 0 aromatic heterocycles. The second-order valence-corrected chi connectivity index (χ2v) is 10.5. The minimum atomic E-state index is -4.41. The number of carbonyl (C=O) groups excluding carboxylic acids is 1. The third-order valence-corrected chi connectivity index (χ3v) is 6.02. The van der Waals surface area contributed by atoms with Crippen LogP contribution in [0.25, 0.3) is 0 Å². The number of nitrogens with one attached hydrogen (secondary N) is 1. The molecule has 34 heavy (non-hydrogen) atoms. The lowest BCUT2D eigenvalue weighted by molar-refractivity contribution is -0.889.